The number of nitrogens with one attached hydrogen (secondary N) is 1. The fourth-order valence-corrected chi connectivity index (χ4v) is 3.27. The Labute approximate surface area is 154 Å². The summed E-state index contributed by atoms with van der Waals surface area (Å²) in [5.74, 6) is 0.962. The molecule has 3 nitrogen and oxygen atoms in total. The lowest BCUT2D eigenvalue weighted by molar-refractivity contribution is 0.162. The van der Waals surface area contributed by atoms with Crippen molar-refractivity contribution in [3.05, 3.63) is 29.3 Å². The minimum Gasteiger partial charge on any atom is -0.497 e. The van der Waals surface area contributed by atoms with Crippen LogP contribution in [0.3, 0.4) is 0 Å². The van der Waals surface area contributed by atoms with Gasteiger partial charge in [-0.25, -0.2) is 0 Å². The number of nitrogens with zero attached hydrogens (tertiary/aromatic N) is 1. The molecule has 1 aliphatic rings. The van der Waals surface area contributed by atoms with Crippen LogP contribution in [0.2, 0.25) is 0 Å². The van der Waals surface area contributed by atoms with Crippen molar-refractivity contribution in [2.24, 2.45) is 0 Å². The van der Waals surface area contributed by atoms with Crippen molar-refractivity contribution in [1.82, 2.24) is 10.2 Å². The highest BCUT2D eigenvalue weighted by atomic mass is 35.5. The van der Waals surface area contributed by atoms with Crippen LogP contribution in [0.15, 0.2) is 18.2 Å². The lowest BCUT2D eigenvalue weighted by Crippen LogP contribution is -2.45. The van der Waals surface area contributed by atoms with Crippen LogP contribution in [0.25, 0.3) is 0 Å². The SMILES string of the molecule is CCCCC[C@H](c1ccc(OC)cc1C)N1CCNCC1.Cl.Cl. The fourth-order valence-electron chi connectivity index (χ4n) is 3.27. The van der Waals surface area contributed by atoms with Gasteiger partial charge in [-0.2, -0.15) is 0 Å². The summed E-state index contributed by atoms with van der Waals surface area (Å²) in [6, 6.07) is 7.11. The summed E-state index contributed by atoms with van der Waals surface area (Å²) in [6.45, 7) is 9.02. The molecule has 0 aromatic heterocycles. The van der Waals surface area contributed by atoms with Crippen molar-refractivity contribution < 1.29 is 4.74 Å². The van der Waals surface area contributed by atoms with Crippen LogP contribution in [-0.4, -0.2) is 38.2 Å². The Morgan fingerprint density at radius 1 is 1.17 bits per heavy atom. The first kappa shape index (κ1) is 22.5. The Balaban J connectivity index is 0.00000242. The summed E-state index contributed by atoms with van der Waals surface area (Å²) in [5.41, 5.74) is 2.84. The standard InChI is InChI=1S/C18H30N2O.2ClH/c1-4-5-6-7-18(20-12-10-19-11-13-20)17-9-8-16(21-3)14-15(17)2;;/h8-9,14,18-19H,4-7,10-13H2,1-3H3;2*1H/t18-;;/m1../s1. The minimum atomic E-state index is 0. The molecule has 1 fully saturated rings. The predicted molar refractivity (Wildman–Crippen MR) is 104 cm³/mol. The Hall–Kier alpha value is -0.480. The van der Waals surface area contributed by atoms with Crippen molar-refractivity contribution in [3.63, 3.8) is 0 Å². The van der Waals surface area contributed by atoms with Crippen LogP contribution < -0.4 is 10.1 Å². The molecular formula is C18H32Cl2N2O. The van der Waals surface area contributed by atoms with Crippen LogP contribution in [0, 0.1) is 6.92 Å². The normalized spacial score (nSPS) is 16.1. The number of ether oxygens (including phenoxy) is 1. The molecule has 23 heavy (non-hydrogen) atoms. The van der Waals surface area contributed by atoms with E-state index in [4.69, 9.17) is 4.74 Å². The van der Waals surface area contributed by atoms with Crippen LogP contribution in [0.5, 0.6) is 5.75 Å². The highest BCUT2D eigenvalue weighted by molar-refractivity contribution is 5.85. The van der Waals surface area contributed by atoms with Gasteiger partial charge in [0.1, 0.15) is 5.75 Å². The molecule has 1 aliphatic heterocycles. The number of piperazine rings is 1. The number of benzene rings is 1. The van der Waals surface area contributed by atoms with Crippen LogP contribution in [-0.2, 0) is 0 Å². The molecule has 0 radical (unpaired) electrons. The molecule has 0 amide bonds. The van der Waals surface area contributed by atoms with Crippen molar-refractivity contribution in [2.75, 3.05) is 33.3 Å². The van der Waals surface area contributed by atoms with Gasteiger partial charge in [0.25, 0.3) is 0 Å². The first-order valence-corrected chi connectivity index (χ1v) is 8.35. The third-order valence-corrected chi connectivity index (χ3v) is 4.51. The molecule has 134 valence electrons. The van der Waals surface area contributed by atoms with Crippen LogP contribution >= 0.6 is 24.8 Å². The molecule has 1 heterocycles. The van der Waals surface area contributed by atoms with Crippen molar-refractivity contribution in [1.29, 1.82) is 0 Å². The Morgan fingerprint density at radius 3 is 2.43 bits per heavy atom. The van der Waals surface area contributed by atoms with Gasteiger partial charge in [-0.3, -0.25) is 4.90 Å². The molecule has 0 bridgehead atoms. The number of hydrogen-bond donors (Lipinski definition) is 1. The highest BCUT2D eigenvalue weighted by Crippen LogP contribution is 2.31. The van der Waals surface area contributed by atoms with Crippen molar-refractivity contribution in [2.45, 2.75) is 45.6 Å². The average molecular weight is 363 g/mol. The van der Waals surface area contributed by atoms with E-state index in [1.807, 2.05) is 0 Å². The summed E-state index contributed by atoms with van der Waals surface area (Å²) in [5, 5.41) is 3.46. The molecule has 1 aromatic rings. The molecule has 1 aromatic carbocycles. The monoisotopic (exact) mass is 362 g/mol. The largest absolute Gasteiger partial charge is 0.497 e. The maximum absolute atomic E-state index is 5.35. The lowest BCUT2D eigenvalue weighted by Gasteiger charge is -2.36. The number of halogens is 2. The van der Waals surface area contributed by atoms with E-state index < -0.39 is 0 Å². The van der Waals surface area contributed by atoms with E-state index in [-0.39, 0.29) is 24.8 Å². The number of methoxy groups -OCH3 is 1. The number of rotatable bonds is 7. The van der Waals surface area contributed by atoms with E-state index in [9.17, 15) is 0 Å². The molecule has 5 heteroatoms. The molecule has 1 N–H and O–H groups in total. The second kappa shape index (κ2) is 12.0. The Bertz CT molecular complexity index is 437. The van der Waals surface area contributed by atoms with Gasteiger partial charge >= 0.3 is 0 Å². The maximum atomic E-state index is 5.35. The zero-order valence-electron chi connectivity index (χ0n) is 14.6. The van der Waals surface area contributed by atoms with E-state index in [1.54, 1.807) is 7.11 Å². The molecule has 0 aliphatic carbocycles. The molecule has 0 unspecified atom stereocenters. The lowest BCUT2D eigenvalue weighted by atomic mass is 9.94. The summed E-state index contributed by atoms with van der Waals surface area (Å²) >= 11 is 0. The second-order valence-electron chi connectivity index (χ2n) is 6.02. The Kier molecular flexibility index (Phi) is 11.7. The summed E-state index contributed by atoms with van der Waals surface area (Å²) < 4.78 is 5.35. The van der Waals surface area contributed by atoms with Gasteiger partial charge in [0, 0.05) is 32.2 Å². The first-order valence-electron chi connectivity index (χ1n) is 8.35. The third-order valence-electron chi connectivity index (χ3n) is 4.51. The molecule has 1 saturated heterocycles. The van der Waals surface area contributed by atoms with E-state index in [2.05, 4.69) is 42.3 Å². The van der Waals surface area contributed by atoms with Gasteiger partial charge in [-0.15, -0.1) is 24.8 Å². The Morgan fingerprint density at radius 2 is 1.87 bits per heavy atom. The van der Waals surface area contributed by atoms with E-state index in [0.29, 0.717) is 6.04 Å². The topological polar surface area (TPSA) is 24.5 Å². The van der Waals surface area contributed by atoms with Gasteiger partial charge in [0.2, 0.25) is 0 Å². The molecular weight excluding hydrogens is 331 g/mol. The van der Waals surface area contributed by atoms with E-state index in [0.717, 1.165) is 31.9 Å². The van der Waals surface area contributed by atoms with Gasteiger partial charge in [-0.05, 0) is 36.6 Å². The molecule has 1 atom stereocenters. The van der Waals surface area contributed by atoms with Crippen molar-refractivity contribution >= 4 is 24.8 Å². The molecule has 0 spiro atoms. The quantitative estimate of drug-likeness (QED) is 0.728. The van der Waals surface area contributed by atoms with E-state index in [1.165, 1.54) is 36.8 Å². The molecule has 0 saturated carbocycles. The number of hydrogen-bond acceptors (Lipinski definition) is 3. The fraction of sp³-hybridized carbons (Fsp3) is 0.667. The maximum Gasteiger partial charge on any atom is 0.119 e. The van der Waals surface area contributed by atoms with E-state index >= 15 is 0 Å². The van der Waals surface area contributed by atoms with Crippen molar-refractivity contribution in [3.8, 4) is 5.75 Å². The van der Waals surface area contributed by atoms with Gasteiger partial charge in [-0.1, -0.05) is 32.3 Å². The van der Waals surface area contributed by atoms with Crippen LogP contribution in [0.4, 0.5) is 0 Å². The smallest absolute Gasteiger partial charge is 0.119 e. The summed E-state index contributed by atoms with van der Waals surface area (Å²) in [6.07, 6.45) is 5.20. The van der Waals surface area contributed by atoms with Crippen LogP contribution in [0.1, 0.15) is 49.8 Å². The van der Waals surface area contributed by atoms with Gasteiger partial charge in [0.15, 0.2) is 0 Å². The van der Waals surface area contributed by atoms with Gasteiger partial charge in [0.05, 0.1) is 7.11 Å². The highest BCUT2D eigenvalue weighted by Gasteiger charge is 2.23. The summed E-state index contributed by atoms with van der Waals surface area (Å²) in [7, 11) is 1.74. The molecule has 2 rings (SSSR count). The average Bonchev–Trinajstić information content (AvgIpc) is 2.53. The zero-order valence-corrected chi connectivity index (χ0v) is 16.3. The van der Waals surface area contributed by atoms with Gasteiger partial charge < -0.3 is 10.1 Å². The number of unbranched alkanes of at least 4 members (excludes halogenated alkanes) is 2. The minimum absolute atomic E-state index is 0. The summed E-state index contributed by atoms with van der Waals surface area (Å²) in [4.78, 5) is 2.65. The first-order chi connectivity index (χ1) is 10.3. The predicted octanol–water partition coefficient (Wildman–Crippen LogP) is 4.37. The third kappa shape index (κ3) is 6.50. The zero-order chi connectivity index (χ0) is 15.1. The number of aryl methyl sites for hydroxylation is 1. The second-order valence-corrected chi connectivity index (χ2v) is 6.02.